The number of aromatic hydroxyl groups is 1. The van der Waals surface area contributed by atoms with Crippen LogP contribution in [0.5, 0.6) is 5.75 Å². The van der Waals surface area contributed by atoms with Crippen LogP contribution in [0.1, 0.15) is 25.3 Å². The lowest BCUT2D eigenvalue weighted by atomic mass is 10.0. The minimum atomic E-state index is -1.66. The van der Waals surface area contributed by atoms with Crippen LogP contribution in [0.25, 0.3) is 0 Å². The molecule has 4 atom stereocenters. The van der Waals surface area contributed by atoms with E-state index >= 15 is 0 Å². The number of amides is 4. The Morgan fingerprint density at radius 1 is 0.853 bits per heavy atom. The van der Waals surface area contributed by atoms with Crippen molar-refractivity contribution in [1.29, 1.82) is 0 Å². The van der Waals surface area contributed by atoms with Gasteiger partial charge in [-0.1, -0.05) is 12.1 Å². The molecule has 14 heteroatoms. The number of carbonyl (C=O) groups is 6. The zero-order valence-corrected chi connectivity index (χ0v) is 18.2. The summed E-state index contributed by atoms with van der Waals surface area (Å²) in [6, 6.07) is -0.190. The highest BCUT2D eigenvalue weighted by molar-refractivity contribution is 5.96. The van der Waals surface area contributed by atoms with E-state index in [9.17, 15) is 33.9 Å². The summed E-state index contributed by atoms with van der Waals surface area (Å²) >= 11 is 0. The summed E-state index contributed by atoms with van der Waals surface area (Å²) in [6.45, 7) is 1.15. The summed E-state index contributed by atoms with van der Waals surface area (Å²) in [5, 5.41) is 34.0. The highest BCUT2D eigenvalue weighted by Gasteiger charge is 2.31. The Morgan fingerprint density at radius 2 is 1.38 bits per heavy atom. The summed E-state index contributed by atoms with van der Waals surface area (Å²) in [5.74, 6) is -6.68. The number of nitrogens with two attached hydrogens (primary N) is 2. The van der Waals surface area contributed by atoms with E-state index < -0.39 is 72.6 Å². The Bertz CT molecular complexity index is 935. The quantitative estimate of drug-likeness (QED) is 0.143. The van der Waals surface area contributed by atoms with Gasteiger partial charge in [0.15, 0.2) is 0 Å². The molecule has 14 nitrogen and oxygen atoms in total. The van der Waals surface area contributed by atoms with Gasteiger partial charge in [-0.15, -0.1) is 0 Å². The smallest absolute Gasteiger partial charge is 0.325 e. The molecule has 0 saturated heterocycles. The number of benzene rings is 1. The zero-order valence-electron chi connectivity index (χ0n) is 18.2. The number of carboxylic acids is 2. The number of hydrogen-bond acceptors (Lipinski definition) is 8. The van der Waals surface area contributed by atoms with E-state index in [4.69, 9.17) is 21.7 Å². The van der Waals surface area contributed by atoms with Crippen molar-refractivity contribution in [3.8, 4) is 5.75 Å². The first-order valence-corrected chi connectivity index (χ1v) is 9.97. The number of nitrogens with one attached hydrogen (secondary N) is 3. The van der Waals surface area contributed by atoms with Crippen LogP contribution < -0.4 is 27.4 Å². The molecule has 4 amide bonds. The van der Waals surface area contributed by atoms with E-state index in [0.29, 0.717) is 5.56 Å². The molecule has 34 heavy (non-hydrogen) atoms. The van der Waals surface area contributed by atoms with Gasteiger partial charge < -0.3 is 42.7 Å². The molecule has 0 aliphatic rings. The van der Waals surface area contributed by atoms with Gasteiger partial charge in [-0.2, -0.15) is 0 Å². The molecule has 0 bridgehead atoms. The maximum Gasteiger partial charge on any atom is 0.325 e. The average Bonchev–Trinajstić information content (AvgIpc) is 2.73. The number of aliphatic carboxylic acids is 2. The van der Waals surface area contributed by atoms with Gasteiger partial charge in [0.25, 0.3) is 0 Å². The number of phenolic OH excluding ortho intramolecular Hbond substituents is 1. The van der Waals surface area contributed by atoms with Crippen molar-refractivity contribution in [1.82, 2.24) is 16.0 Å². The first-order chi connectivity index (χ1) is 15.8. The summed E-state index contributed by atoms with van der Waals surface area (Å²) in [4.78, 5) is 70.8. The molecule has 186 valence electrons. The van der Waals surface area contributed by atoms with Gasteiger partial charge in [0.05, 0.1) is 18.9 Å². The second-order valence-electron chi connectivity index (χ2n) is 7.44. The lowest BCUT2D eigenvalue weighted by Gasteiger charge is -2.24. The predicted molar refractivity (Wildman–Crippen MR) is 115 cm³/mol. The van der Waals surface area contributed by atoms with Crippen molar-refractivity contribution >= 4 is 35.6 Å². The van der Waals surface area contributed by atoms with E-state index in [2.05, 4.69) is 16.0 Å². The second kappa shape index (κ2) is 12.7. The molecule has 0 aromatic heterocycles. The summed E-state index contributed by atoms with van der Waals surface area (Å²) in [6.07, 6.45) is -1.53. The van der Waals surface area contributed by atoms with Crippen LogP contribution in [-0.2, 0) is 35.2 Å². The third-order valence-corrected chi connectivity index (χ3v) is 4.51. The molecular formula is C20H27N5O9. The summed E-state index contributed by atoms with van der Waals surface area (Å²) in [7, 11) is 0. The minimum absolute atomic E-state index is 0.0528. The monoisotopic (exact) mass is 481 g/mol. The van der Waals surface area contributed by atoms with Gasteiger partial charge in [-0.3, -0.25) is 28.8 Å². The van der Waals surface area contributed by atoms with Crippen molar-refractivity contribution in [2.75, 3.05) is 0 Å². The average molecular weight is 481 g/mol. The van der Waals surface area contributed by atoms with Crippen LogP contribution in [0, 0.1) is 0 Å². The second-order valence-corrected chi connectivity index (χ2v) is 7.44. The largest absolute Gasteiger partial charge is 0.508 e. The molecule has 0 radical (unpaired) electrons. The van der Waals surface area contributed by atoms with Crippen molar-refractivity contribution in [3.05, 3.63) is 29.8 Å². The SMILES string of the molecule is CC(NC(=O)C(CC(=O)O)NC(=O)C(Cc1ccc(O)cc1)NC(=O)C(N)CC(N)=O)C(=O)O. The summed E-state index contributed by atoms with van der Waals surface area (Å²) in [5.41, 5.74) is 11.1. The Kier molecular flexibility index (Phi) is 10.4. The maximum absolute atomic E-state index is 12.9. The Morgan fingerprint density at radius 3 is 1.88 bits per heavy atom. The number of primary amides is 1. The first kappa shape index (κ1) is 27.8. The molecular weight excluding hydrogens is 454 g/mol. The number of carboxylic acid groups (broad SMARTS) is 2. The molecule has 4 unspecified atom stereocenters. The van der Waals surface area contributed by atoms with E-state index in [-0.39, 0.29) is 12.2 Å². The maximum atomic E-state index is 12.9. The molecule has 0 spiro atoms. The standard InChI is InChI=1S/C20H27N5O9/c1-9(20(33)34)23-18(31)14(8-16(28)29)25-19(32)13(6-10-2-4-11(26)5-3-10)24-17(30)12(21)7-15(22)27/h2-5,9,12-14,26H,6-8,21H2,1H3,(H2,22,27)(H,23,31)(H,24,30)(H,25,32)(H,28,29)(H,33,34). The van der Waals surface area contributed by atoms with Gasteiger partial charge in [-0.05, 0) is 24.6 Å². The topological polar surface area (TPSA) is 251 Å². The molecule has 1 aromatic rings. The molecule has 1 aromatic carbocycles. The van der Waals surface area contributed by atoms with E-state index in [1.807, 2.05) is 0 Å². The van der Waals surface area contributed by atoms with Crippen molar-refractivity contribution in [2.45, 2.75) is 50.4 Å². The number of phenols is 1. The third kappa shape index (κ3) is 9.52. The fourth-order valence-electron chi connectivity index (χ4n) is 2.70. The molecule has 0 aliphatic heterocycles. The normalized spacial score (nSPS) is 14.1. The Hall–Kier alpha value is -4.20. The molecule has 0 heterocycles. The van der Waals surface area contributed by atoms with Crippen LogP contribution in [0.15, 0.2) is 24.3 Å². The zero-order chi connectivity index (χ0) is 26.0. The van der Waals surface area contributed by atoms with Gasteiger partial charge >= 0.3 is 11.9 Å². The van der Waals surface area contributed by atoms with E-state index in [1.54, 1.807) is 0 Å². The fourth-order valence-corrected chi connectivity index (χ4v) is 2.70. The third-order valence-electron chi connectivity index (χ3n) is 4.51. The molecule has 0 aliphatic carbocycles. The lowest BCUT2D eigenvalue weighted by Crippen LogP contribution is -2.58. The van der Waals surface area contributed by atoms with E-state index in [1.165, 1.54) is 24.3 Å². The van der Waals surface area contributed by atoms with Gasteiger partial charge in [0.1, 0.15) is 23.9 Å². The van der Waals surface area contributed by atoms with Gasteiger partial charge in [0, 0.05) is 6.42 Å². The molecule has 10 N–H and O–H groups in total. The Labute approximate surface area is 193 Å². The lowest BCUT2D eigenvalue weighted by molar-refractivity contribution is -0.143. The highest BCUT2D eigenvalue weighted by Crippen LogP contribution is 2.12. The van der Waals surface area contributed by atoms with E-state index in [0.717, 1.165) is 6.92 Å². The fraction of sp³-hybridized carbons (Fsp3) is 0.400. The van der Waals surface area contributed by atoms with Crippen molar-refractivity contribution < 1.29 is 44.1 Å². The van der Waals surface area contributed by atoms with Gasteiger partial charge in [-0.25, -0.2) is 0 Å². The summed E-state index contributed by atoms with van der Waals surface area (Å²) < 4.78 is 0. The number of carbonyl (C=O) groups excluding carboxylic acids is 4. The van der Waals surface area contributed by atoms with Crippen LogP contribution in [0.2, 0.25) is 0 Å². The van der Waals surface area contributed by atoms with Crippen molar-refractivity contribution in [2.24, 2.45) is 11.5 Å². The first-order valence-electron chi connectivity index (χ1n) is 9.97. The molecule has 0 fully saturated rings. The number of rotatable bonds is 13. The predicted octanol–water partition coefficient (Wildman–Crippen LogP) is -2.83. The minimum Gasteiger partial charge on any atom is -0.508 e. The molecule has 1 rings (SSSR count). The highest BCUT2D eigenvalue weighted by atomic mass is 16.4. The molecule has 0 saturated carbocycles. The van der Waals surface area contributed by atoms with Crippen LogP contribution in [0.4, 0.5) is 0 Å². The van der Waals surface area contributed by atoms with Gasteiger partial charge in [0.2, 0.25) is 23.6 Å². The van der Waals surface area contributed by atoms with Crippen LogP contribution in [-0.4, -0.2) is 75.1 Å². The number of hydrogen-bond donors (Lipinski definition) is 8. The van der Waals surface area contributed by atoms with Crippen molar-refractivity contribution in [3.63, 3.8) is 0 Å². The van der Waals surface area contributed by atoms with Crippen LogP contribution >= 0.6 is 0 Å². The Balaban J connectivity index is 3.11. The van der Waals surface area contributed by atoms with Crippen LogP contribution in [0.3, 0.4) is 0 Å².